The molecule has 10 nitrogen and oxygen atoms in total. The number of hydrogen-bond donors (Lipinski definition) is 5. The number of benzene rings is 2. The number of nitrogens with two attached hydrogens (primary N) is 1. The number of fused-ring (bicyclic) bond motifs is 3. The maximum atomic E-state index is 16.1. The molecule has 4 atom stereocenters. The molecular weight excluding hydrogens is 557 g/mol. The van der Waals surface area contributed by atoms with Gasteiger partial charge in [-0.25, -0.2) is 4.39 Å². The molecule has 0 unspecified atom stereocenters. The molecule has 0 radical (unpaired) electrons. The third-order valence-corrected chi connectivity index (χ3v) is 9.13. The van der Waals surface area contributed by atoms with Crippen molar-refractivity contribution in [2.24, 2.45) is 17.6 Å². The number of hydrogen-bond acceptors (Lipinski definition) is 9. The van der Waals surface area contributed by atoms with Gasteiger partial charge in [-0.1, -0.05) is 37.3 Å². The number of phenolic OH excluding ortho intramolecular Hbond substituents is 1. The summed E-state index contributed by atoms with van der Waals surface area (Å²) in [5.41, 5.74) is 2.55. The van der Waals surface area contributed by atoms with E-state index in [1.807, 2.05) is 42.2 Å². The summed E-state index contributed by atoms with van der Waals surface area (Å²) in [7, 11) is 3.05. The number of amides is 1. The monoisotopic (exact) mass is 593 g/mol. The van der Waals surface area contributed by atoms with E-state index in [9.17, 15) is 34.8 Å². The highest BCUT2D eigenvalue weighted by molar-refractivity contribution is 6.24. The summed E-state index contributed by atoms with van der Waals surface area (Å²) in [4.78, 5) is 42.7. The standard InChI is InChI=1S/C32H36FN3O7/c1-4-36(11-10-16-8-6-5-7-9-16)15-18-14-21(37)23-19(25(18)33)12-17-13-20-26(35(2)3)28(39)24(31(34)42)30(41)32(20,43)29(40)22(17)27(23)38/h5-9,14,17,20,26,37-38,41,43H,4,10-13,15H2,1-3H3,(H2,34,42)/t17-,20-,26-,32-/m0/s1. The lowest BCUT2D eigenvalue weighted by atomic mass is 9.57. The molecular formula is C32H36FN3O7. The second-order valence-electron chi connectivity index (χ2n) is 11.8. The van der Waals surface area contributed by atoms with Gasteiger partial charge in [-0.3, -0.25) is 24.2 Å². The van der Waals surface area contributed by atoms with Gasteiger partial charge in [-0.15, -0.1) is 0 Å². The summed E-state index contributed by atoms with van der Waals surface area (Å²) in [5, 5.41) is 44.9. The number of aliphatic hydroxyl groups is 3. The quantitative estimate of drug-likeness (QED) is 0.289. The number of aliphatic hydroxyl groups excluding tert-OH is 2. The summed E-state index contributed by atoms with van der Waals surface area (Å²) >= 11 is 0. The Hall–Kier alpha value is -4.06. The topological polar surface area (TPSA) is 165 Å². The van der Waals surface area contributed by atoms with Crippen LogP contribution in [0.5, 0.6) is 5.75 Å². The smallest absolute Gasteiger partial charge is 0.255 e. The molecule has 1 fully saturated rings. The van der Waals surface area contributed by atoms with Crippen molar-refractivity contribution in [3.63, 3.8) is 0 Å². The van der Waals surface area contributed by atoms with Crippen LogP contribution >= 0.6 is 0 Å². The first kappa shape index (κ1) is 30.4. The first-order valence-corrected chi connectivity index (χ1v) is 14.3. The SMILES string of the molecule is CCN(CCc1ccccc1)Cc1cc(O)c2c(c1F)C[C@H]1C[C@H]3[C@H](N(C)C)C(=O)C(C(N)=O)=C(O)[C@@]3(O)C(=O)C1=C2O. The number of nitrogens with zero attached hydrogens (tertiary/aromatic N) is 2. The molecule has 2 aromatic rings. The number of carbonyl (C=O) groups excluding carboxylic acids is 3. The van der Waals surface area contributed by atoms with Crippen molar-refractivity contribution in [3.8, 4) is 5.75 Å². The number of carbonyl (C=O) groups is 3. The molecule has 1 amide bonds. The fraction of sp³-hybridized carbons (Fsp3) is 0.406. The average molecular weight is 594 g/mol. The van der Waals surface area contributed by atoms with Crippen molar-refractivity contribution in [2.45, 2.75) is 44.4 Å². The minimum atomic E-state index is -2.74. The number of aromatic hydroxyl groups is 1. The Bertz CT molecular complexity index is 1570. The predicted molar refractivity (Wildman–Crippen MR) is 155 cm³/mol. The third-order valence-electron chi connectivity index (χ3n) is 9.13. The highest BCUT2D eigenvalue weighted by Gasteiger charge is 2.64. The Kier molecular flexibility index (Phi) is 7.93. The van der Waals surface area contributed by atoms with Gasteiger partial charge in [0.1, 0.15) is 28.7 Å². The lowest BCUT2D eigenvalue weighted by molar-refractivity contribution is -0.153. The van der Waals surface area contributed by atoms with Crippen LogP contribution in [0, 0.1) is 17.7 Å². The third kappa shape index (κ3) is 4.81. The molecule has 6 N–H and O–H groups in total. The van der Waals surface area contributed by atoms with Crippen LogP contribution in [-0.2, 0) is 33.8 Å². The molecule has 228 valence electrons. The van der Waals surface area contributed by atoms with Crippen LogP contribution in [0.1, 0.15) is 35.6 Å². The lowest BCUT2D eigenvalue weighted by Gasteiger charge is -2.50. The van der Waals surface area contributed by atoms with E-state index in [0.29, 0.717) is 13.1 Å². The van der Waals surface area contributed by atoms with Crippen LogP contribution in [-0.4, -0.2) is 86.5 Å². The summed E-state index contributed by atoms with van der Waals surface area (Å²) in [6.07, 6.45) is 0.547. The van der Waals surface area contributed by atoms with E-state index in [2.05, 4.69) is 0 Å². The van der Waals surface area contributed by atoms with Crippen LogP contribution in [0.2, 0.25) is 0 Å². The maximum Gasteiger partial charge on any atom is 0.255 e. The molecule has 0 bridgehead atoms. The zero-order valence-electron chi connectivity index (χ0n) is 24.3. The van der Waals surface area contributed by atoms with E-state index in [4.69, 9.17) is 5.73 Å². The van der Waals surface area contributed by atoms with E-state index in [0.717, 1.165) is 12.0 Å². The zero-order valence-corrected chi connectivity index (χ0v) is 24.3. The minimum Gasteiger partial charge on any atom is -0.508 e. The Morgan fingerprint density at radius 2 is 1.81 bits per heavy atom. The van der Waals surface area contributed by atoms with E-state index in [1.54, 1.807) is 0 Å². The number of phenols is 1. The summed E-state index contributed by atoms with van der Waals surface area (Å²) in [6.45, 7) is 3.43. The van der Waals surface area contributed by atoms with Crippen molar-refractivity contribution < 1.29 is 39.2 Å². The van der Waals surface area contributed by atoms with Crippen LogP contribution in [0.25, 0.3) is 5.76 Å². The van der Waals surface area contributed by atoms with Crippen molar-refractivity contribution >= 4 is 23.2 Å². The Labute approximate surface area is 248 Å². The molecule has 0 aromatic heterocycles. The highest BCUT2D eigenvalue weighted by Crippen LogP contribution is 2.53. The summed E-state index contributed by atoms with van der Waals surface area (Å²) < 4.78 is 16.1. The molecule has 2 aromatic carbocycles. The first-order chi connectivity index (χ1) is 20.3. The Morgan fingerprint density at radius 1 is 1.14 bits per heavy atom. The van der Waals surface area contributed by atoms with Gasteiger partial charge in [0.25, 0.3) is 5.91 Å². The maximum absolute atomic E-state index is 16.1. The molecule has 0 heterocycles. The second kappa shape index (κ2) is 11.2. The number of likely N-dealkylation sites (N-methyl/N-ethyl adjacent to an activating group) is 2. The molecule has 5 rings (SSSR count). The first-order valence-electron chi connectivity index (χ1n) is 14.3. The molecule has 0 aliphatic heterocycles. The fourth-order valence-corrected chi connectivity index (χ4v) is 6.98. The molecule has 1 saturated carbocycles. The van der Waals surface area contributed by atoms with Crippen LogP contribution in [0.4, 0.5) is 4.39 Å². The van der Waals surface area contributed by atoms with Crippen molar-refractivity contribution in [2.75, 3.05) is 27.2 Å². The fourth-order valence-electron chi connectivity index (χ4n) is 6.98. The number of Topliss-reactive ketones (excluding diaryl/α,β-unsaturated/α-hetero) is 2. The molecule has 43 heavy (non-hydrogen) atoms. The van der Waals surface area contributed by atoms with Gasteiger partial charge in [0.2, 0.25) is 5.78 Å². The summed E-state index contributed by atoms with van der Waals surface area (Å²) in [6, 6.07) is 9.90. The molecule has 0 spiro atoms. The predicted octanol–water partition coefficient (Wildman–Crippen LogP) is 2.17. The van der Waals surface area contributed by atoms with Gasteiger partial charge in [-0.2, -0.15) is 0 Å². The van der Waals surface area contributed by atoms with Gasteiger partial charge in [0, 0.05) is 35.7 Å². The van der Waals surface area contributed by atoms with E-state index >= 15 is 4.39 Å². The van der Waals surface area contributed by atoms with Gasteiger partial charge >= 0.3 is 0 Å². The van der Waals surface area contributed by atoms with Crippen molar-refractivity contribution in [1.82, 2.24) is 9.80 Å². The van der Waals surface area contributed by atoms with E-state index < -0.39 is 69.6 Å². The average Bonchev–Trinajstić information content (AvgIpc) is 2.95. The zero-order chi connectivity index (χ0) is 31.4. The Balaban J connectivity index is 1.54. The minimum absolute atomic E-state index is 0.0275. The largest absolute Gasteiger partial charge is 0.508 e. The van der Waals surface area contributed by atoms with E-state index in [-0.39, 0.29) is 41.6 Å². The molecule has 11 heteroatoms. The van der Waals surface area contributed by atoms with Crippen molar-refractivity contribution in [3.05, 3.63) is 81.4 Å². The van der Waals surface area contributed by atoms with Crippen LogP contribution in [0.3, 0.4) is 0 Å². The van der Waals surface area contributed by atoms with Gasteiger partial charge in [0.05, 0.1) is 11.6 Å². The number of halogens is 1. The van der Waals surface area contributed by atoms with E-state index in [1.165, 1.54) is 25.1 Å². The van der Waals surface area contributed by atoms with Crippen molar-refractivity contribution in [1.29, 1.82) is 0 Å². The number of rotatable bonds is 8. The highest BCUT2D eigenvalue weighted by atomic mass is 19.1. The molecule has 3 aliphatic rings. The van der Waals surface area contributed by atoms with Crippen LogP contribution in [0.15, 0.2) is 53.3 Å². The van der Waals surface area contributed by atoms with Crippen LogP contribution < -0.4 is 5.73 Å². The molecule has 0 saturated heterocycles. The number of primary amides is 1. The second-order valence-corrected chi connectivity index (χ2v) is 11.8. The summed E-state index contributed by atoms with van der Waals surface area (Å²) in [5.74, 6) is -8.26. The normalized spacial score (nSPS) is 25.2. The number of ketones is 2. The Morgan fingerprint density at radius 3 is 2.42 bits per heavy atom. The lowest BCUT2D eigenvalue weighted by Crippen LogP contribution is -2.65. The van der Waals surface area contributed by atoms with Gasteiger partial charge in [0.15, 0.2) is 11.4 Å². The van der Waals surface area contributed by atoms with Gasteiger partial charge < -0.3 is 26.2 Å². The molecule has 3 aliphatic carbocycles. The van der Waals surface area contributed by atoms with Gasteiger partial charge in [-0.05, 0) is 57.5 Å².